The molecule has 0 aromatic rings. The van der Waals surface area contributed by atoms with E-state index in [0.29, 0.717) is 6.54 Å². The second-order valence-electron chi connectivity index (χ2n) is 3.79. The molecule has 1 unspecified atom stereocenters. The van der Waals surface area contributed by atoms with Crippen molar-refractivity contribution in [2.45, 2.75) is 45.7 Å². The van der Waals surface area contributed by atoms with Gasteiger partial charge in [0.05, 0.1) is 0 Å². The molecule has 0 spiro atoms. The highest BCUT2D eigenvalue weighted by molar-refractivity contribution is 7.87. The highest BCUT2D eigenvalue weighted by Crippen LogP contribution is 1.92. The third-order valence-corrected chi connectivity index (χ3v) is 2.89. The van der Waals surface area contributed by atoms with Crippen molar-refractivity contribution < 1.29 is 8.42 Å². The summed E-state index contributed by atoms with van der Waals surface area (Å²) in [6.07, 6.45) is 1.58. The van der Waals surface area contributed by atoms with Crippen LogP contribution in [0.4, 0.5) is 0 Å². The molecule has 0 aromatic heterocycles. The average Bonchev–Trinajstić information content (AvgIpc) is 1.95. The molecule has 0 amide bonds. The monoisotopic (exact) mass is 223 g/mol. The quantitative estimate of drug-likeness (QED) is 0.529. The van der Waals surface area contributed by atoms with Crippen molar-refractivity contribution in [3.8, 4) is 0 Å². The molecule has 0 saturated heterocycles. The summed E-state index contributed by atoms with van der Waals surface area (Å²) in [6, 6.07) is 0.0403. The Morgan fingerprint density at radius 1 is 1.29 bits per heavy atom. The normalized spacial score (nSPS) is 14.6. The summed E-state index contributed by atoms with van der Waals surface area (Å²) in [6.45, 7) is 5.90. The van der Waals surface area contributed by atoms with Crippen LogP contribution in [-0.4, -0.2) is 27.0 Å². The molecule has 0 radical (unpaired) electrons. The molecular weight excluding hydrogens is 202 g/mol. The Labute approximate surface area is 86.6 Å². The maximum Gasteiger partial charge on any atom is 0.277 e. The van der Waals surface area contributed by atoms with E-state index in [2.05, 4.69) is 9.44 Å². The first-order valence-electron chi connectivity index (χ1n) is 4.86. The van der Waals surface area contributed by atoms with Gasteiger partial charge in [-0.25, -0.2) is 4.72 Å². The number of nitrogens with two attached hydrogens (primary N) is 1. The Hall–Kier alpha value is -0.170. The molecular formula is C8H21N3O2S. The van der Waals surface area contributed by atoms with Crippen LogP contribution in [0.2, 0.25) is 0 Å². The van der Waals surface area contributed by atoms with Crippen LogP contribution >= 0.6 is 0 Å². The number of hydrogen-bond acceptors (Lipinski definition) is 3. The zero-order valence-electron chi connectivity index (χ0n) is 9.08. The summed E-state index contributed by atoms with van der Waals surface area (Å²) in [5, 5.41) is 0. The van der Waals surface area contributed by atoms with Crippen LogP contribution in [0.5, 0.6) is 0 Å². The maximum absolute atomic E-state index is 11.2. The lowest BCUT2D eigenvalue weighted by atomic mass is 10.2. The molecule has 4 N–H and O–H groups in total. The third kappa shape index (κ3) is 8.43. The van der Waals surface area contributed by atoms with Gasteiger partial charge in [0.2, 0.25) is 0 Å². The van der Waals surface area contributed by atoms with Crippen LogP contribution in [0.3, 0.4) is 0 Å². The summed E-state index contributed by atoms with van der Waals surface area (Å²) < 4.78 is 27.4. The van der Waals surface area contributed by atoms with Gasteiger partial charge in [-0.15, -0.1) is 0 Å². The van der Waals surface area contributed by atoms with E-state index >= 15 is 0 Å². The lowest BCUT2D eigenvalue weighted by Crippen LogP contribution is -2.40. The minimum atomic E-state index is -3.32. The molecule has 0 aromatic carbocycles. The standard InChI is InChI=1S/C8H21N3O2S/c1-7(2)11-14(12,13)10-6-4-5-8(3)9/h7-8,10-11H,4-6,9H2,1-3H3. The highest BCUT2D eigenvalue weighted by Gasteiger charge is 2.09. The van der Waals surface area contributed by atoms with Gasteiger partial charge in [-0.3, -0.25) is 0 Å². The molecule has 6 heteroatoms. The van der Waals surface area contributed by atoms with Gasteiger partial charge >= 0.3 is 0 Å². The predicted octanol–water partition coefficient (Wildman–Crippen LogP) is -0.0538. The van der Waals surface area contributed by atoms with E-state index in [9.17, 15) is 8.42 Å². The third-order valence-electron chi connectivity index (χ3n) is 1.52. The first kappa shape index (κ1) is 13.8. The Morgan fingerprint density at radius 3 is 2.29 bits per heavy atom. The fourth-order valence-electron chi connectivity index (χ4n) is 0.983. The molecule has 0 aliphatic carbocycles. The van der Waals surface area contributed by atoms with E-state index in [1.165, 1.54) is 0 Å². The lowest BCUT2D eigenvalue weighted by Gasteiger charge is -2.10. The topological polar surface area (TPSA) is 84.2 Å². The van der Waals surface area contributed by atoms with Crippen LogP contribution in [0, 0.1) is 0 Å². The molecule has 0 aliphatic rings. The van der Waals surface area contributed by atoms with E-state index in [-0.39, 0.29) is 12.1 Å². The Kier molecular flexibility index (Phi) is 6.26. The van der Waals surface area contributed by atoms with Gasteiger partial charge in [0, 0.05) is 18.6 Å². The van der Waals surface area contributed by atoms with E-state index in [4.69, 9.17) is 5.73 Å². The Bertz CT molecular complexity index is 237. The van der Waals surface area contributed by atoms with Gasteiger partial charge in [0.25, 0.3) is 10.2 Å². The SMILES string of the molecule is CC(N)CCCNS(=O)(=O)NC(C)C. The number of nitrogens with one attached hydrogen (secondary N) is 2. The smallest absolute Gasteiger partial charge is 0.277 e. The van der Waals surface area contributed by atoms with Crippen molar-refractivity contribution in [1.82, 2.24) is 9.44 Å². The van der Waals surface area contributed by atoms with Gasteiger partial charge in [0.1, 0.15) is 0 Å². The molecule has 0 fully saturated rings. The van der Waals surface area contributed by atoms with Gasteiger partial charge in [-0.1, -0.05) is 0 Å². The molecule has 0 rings (SSSR count). The average molecular weight is 223 g/mol. The first-order valence-corrected chi connectivity index (χ1v) is 6.34. The lowest BCUT2D eigenvalue weighted by molar-refractivity contribution is 0.545. The number of hydrogen-bond donors (Lipinski definition) is 3. The van der Waals surface area contributed by atoms with E-state index in [1.807, 2.05) is 6.92 Å². The second kappa shape index (κ2) is 6.34. The molecule has 0 aliphatic heterocycles. The fourth-order valence-corrected chi connectivity index (χ4v) is 2.10. The molecule has 14 heavy (non-hydrogen) atoms. The van der Waals surface area contributed by atoms with Gasteiger partial charge < -0.3 is 5.73 Å². The molecule has 0 bridgehead atoms. The highest BCUT2D eigenvalue weighted by atomic mass is 32.2. The molecule has 86 valence electrons. The van der Waals surface area contributed by atoms with Crippen molar-refractivity contribution in [3.05, 3.63) is 0 Å². The minimum absolute atomic E-state index is 0.0825. The van der Waals surface area contributed by atoms with E-state index in [0.717, 1.165) is 12.8 Å². The molecule has 0 saturated carbocycles. The zero-order chi connectivity index (χ0) is 11.2. The summed E-state index contributed by atoms with van der Waals surface area (Å²) in [5.74, 6) is 0. The van der Waals surface area contributed by atoms with Crippen molar-refractivity contribution >= 4 is 10.2 Å². The van der Waals surface area contributed by atoms with Crippen molar-refractivity contribution in [2.24, 2.45) is 5.73 Å². The van der Waals surface area contributed by atoms with Gasteiger partial charge in [-0.2, -0.15) is 13.1 Å². The van der Waals surface area contributed by atoms with Crippen LogP contribution < -0.4 is 15.2 Å². The van der Waals surface area contributed by atoms with Gasteiger partial charge in [0.15, 0.2) is 0 Å². The molecule has 5 nitrogen and oxygen atoms in total. The molecule has 1 atom stereocenters. The number of rotatable bonds is 7. The molecule has 0 heterocycles. The summed E-state index contributed by atoms with van der Waals surface area (Å²) >= 11 is 0. The fraction of sp³-hybridized carbons (Fsp3) is 1.00. The Balaban J connectivity index is 3.67. The maximum atomic E-state index is 11.2. The van der Waals surface area contributed by atoms with E-state index < -0.39 is 10.2 Å². The zero-order valence-corrected chi connectivity index (χ0v) is 9.89. The minimum Gasteiger partial charge on any atom is -0.328 e. The van der Waals surface area contributed by atoms with Gasteiger partial charge in [-0.05, 0) is 33.6 Å². The summed E-state index contributed by atoms with van der Waals surface area (Å²) in [5.41, 5.74) is 5.53. The summed E-state index contributed by atoms with van der Waals surface area (Å²) in [7, 11) is -3.32. The van der Waals surface area contributed by atoms with Crippen LogP contribution in [0.25, 0.3) is 0 Å². The Morgan fingerprint density at radius 2 is 1.86 bits per heavy atom. The summed E-state index contributed by atoms with van der Waals surface area (Å²) in [4.78, 5) is 0. The van der Waals surface area contributed by atoms with Crippen LogP contribution in [-0.2, 0) is 10.2 Å². The second-order valence-corrected chi connectivity index (χ2v) is 5.32. The first-order chi connectivity index (χ1) is 6.33. The van der Waals surface area contributed by atoms with Crippen LogP contribution in [0.15, 0.2) is 0 Å². The predicted molar refractivity (Wildman–Crippen MR) is 58.1 cm³/mol. The van der Waals surface area contributed by atoms with Crippen molar-refractivity contribution in [2.75, 3.05) is 6.54 Å². The van der Waals surface area contributed by atoms with E-state index in [1.54, 1.807) is 13.8 Å². The van der Waals surface area contributed by atoms with Crippen molar-refractivity contribution in [1.29, 1.82) is 0 Å². The largest absolute Gasteiger partial charge is 0.328 e. The van der Waals surface area contributed by atoms with Crippen molar-refractivity contribution in [3.63, 3.8) is 0 Å². The van der Waals surface area contributed by atoms with Crippen LogP contribution in [0.1, 0.15) is 33.6 Å².